The lowest BCUT2D eigenvalue weighted by atomic mass is 9.91. The lowest BCUT2D eigenvalue weighted by Gasteiger charge is -2.24. The summed E-state index contributed by atoms with van der Waals surface area (Å²) in [6, 6.07) is 10.8. The monoisotopic (exact) mass is 385 g/mol. The van der Waals surface area contributed by atoms with E-state index in [9.17, 15) is 14.4 Å². The molecule has 142 valence electrons. The molecule has 1 aromatic carbocycles. The maximum absolute atomic E-state index is 13.0. The molecule has 1 N–H and O–H groups in total. The average molecular weight is 385 g/mol. The minimum absolute atomic E-state index is 0.248. The molecular weight excluding hydrogens is 362 g/mol. The molecule has 0 radical (unpaired) electrons. The van der Waals surface area contributed by atoms with Crippen LogP contribution in [0.1, 0.15) is 29.9 Å². The van der Waals surface area contributed by atoms with Gasteiger partial charge in [-0.3, -0.25) is 14.5 Å². The predicted molar refractivity (Wildman–Crippen MR) is 104 cm³/mol. The Balaban J connectivity index is 1.74. The minimum Gasteiger partial charge on any atom is -0.336 e. The summed E-state index contributed by atoms with van der Waals surface area (Å²) in [6.45, 7) is 6.24. The number of thiophene rings is 1. The minimum atomic E-state index is -1.16. The van der Waals surface area contributed by atoms with Crippen molar-refractivity contribution in [1.82, 2.24) is 15.1 Å². The van der Waals surface area contributed by atoms with Gasteiger partial charge in [-0.25, -0.2) is 4.79 Å². The third-order valence-electron chi connectivity index (χ3n) is 4.86. The molecule has 3 rings (SSSR count). The fourth-order valence-electron chi connectivity index (χ4n) is 3.13. The highest BCUT2D eigenvalue weighted by Gasteiger charge is 2.49. The number of hydrogen-bond donors (Lipinski definition) is 1. The van der Waals surface area contributed by atoms with E-state index < -0.39 is 17.5 Å². The van der Waals surface area contributed by atoms with Gasteiger partial charge in [0.25, 0.3) is 5.91 Å². The summed E-state index contributed by atoms with van der Waals surface area (Å²) in [5.74, 6) is -0.653. The lowest BCUT2D eigenvalue weighted by Crippen LogP contribution is -2.44. The number of nitrogens with one attached hydrogen (secondary N) is 1. The molecule has 0 aliphatic carbocycles. The highest BCUT2D eigenvalue weighted by atomic mass is 32.1. The van der Waals surface area contributed by atoms with Crippen LogP contribution in [0.2, 0.25) is 0 Å². The molecule has 1 atom stereocenters. The fourth-order valence-corrected chi connectivity index (χ4v) is 3.84. The van der Waals surface area contributed by atoms with E-state index in [0.29, 0.717) is 18.7 Å². The third kappa shape index (κ3) is 3.73. The number of imide groups is 1. The number of urea groups is 1. The van der Waals surface area contributed by atoms with Crippen LogP contribution in [0.25, 0.3) is 0 Å². The van der Waals surface area contributed by atoms with Gasteiger partial charge >= 0.3 is 6.03 Å². The lowest BCUT2D eigenvalue weighted by molar-refractivity contribution is -0.139. The van der Waals surface area contributed by atoms with E-state index in [4.69, 9.17) is 0 Å². The number of amides is 4. The first kappa shape index (κ1) is 19.1. The first-order valence-electron chi connectivity index (χ1n) is 8.86. The maximum atomic E-state index is 13.0. The first-order chi connectivity index (χ1) is 12.8. The van der Waals surface area contributed by atoms with Gasteiger partial charge in [0.2, 0.25) is 5.91 Å². The smallest absolute Gasteiger partial charge is 0.325 e. The van der Waals surface area contributed by atoms with E-state index in [0.717, 1.165) is 15.3 Å². The van der Waals surface area contributed by atoms with Crippen molar-refractivity contribution in [3.05, 3.63) is 57.8 Å². The van der Waals surface area contributed by atoms with Crippen LogP contribution in [0, 0.1) is 6.92 Å². The zero-order valence-corrected chi connectivity index (χ0v) is 16.5. The molecule has 1 unspecified atom stereocenters. The van der Waals surface area contributed by atoms with Crippen molar-refractivity contribution in [3.63, 3.8) is 0 Å². The van der Waals surface area contributed by atoms with Crippen LogP contribution in [-0.2, 0) is 21.7 Å². The predicted octanol–water partition coefficient (Wildman–Crippen LogP) is 2.87. The second-order valence-electron chi connectivity index (χ2n) is 6.80. The van der Waals surface area contributed by atoms with Gasteiger partial charge in [-0.05, 0) is 37.8 Å². The van der Waals surface area contributed by atoms with Gasteiger partial charge in [0.1, 0.15) is 12.1 Å². The summed E-state index contributed by atoms with van der Waals surface area (Å²) in [6.07, 6.45) is 0. The number of aryl methyl sites for hydroxylation is 1. The Morgan fingerprint density at radius 2 is 1.93 bits per heavy atom. The summed E-state index contributed by atoms with van der Waals surface area (Å²) >= 11 is 1.57. The molecule has 1 aromatic heterocycles. The van der Waals surface area contributed by atoms with E-state index in [2.05, 4.69) is 5.32 Å². The summed E-state index contributed by atoms with van der Waals surface area (Å²) in [5, 5.41) is 4.70. The molecule has 7 heteroatoms. The standard InChI is InChI=1S/C20H23N3O3S/c1-4-22(12-16-6-5-11-27-16)17(24)13-23-18(25)20(3,21-19(23)26)15-9-7-14(2)8-10-15/h5-11H,4,12-13H2,1-3H3,(H,21,26). The van der Waals surface area contributed by atoms with E-state index in [1.807, 2.05) is 55.6 Å². The Bertz CT molecular complexity index is 848. The largest absolute Gasteiger partial charge is 0.336 e. The van der Waals surface area contributed by atoms with Gasteiger partial charge in [0.05, 0.1) is 6.54 Å². The molecule has 0 bridgehead atoms. The molecule has 1 aliphatic heterocycles. The number of carbonyl (C=O) groups excluding carboxylic acids is 3. The molecule has 1 saturated heterocycles. The van der Waals surface area contributed by atoms with Gasteiger partial charge < -0.3 is 10.2 Å². The van der Waals surface area contributed by atoms with Crippen LogP contribution < -0.4 is 5.32 Å². The number of hydrogen-bond acceptors (Lipinski definition) is 4. The molecule has 2 heterocycles. The Hall–Kier alpha value is -2.67. The van der Waals surface area contributed by atoms with Crippen molar-refractivity contribution >= 4 is 29.2 Å². The molecule has 6 nitrogen and oxygen atoms in total. The van der Waals surface area contributed by atoms with Crippen molar-refractivity contribution in [1.29, 1.82) is 0 Å². The number of benzene rings is 1. The summed E-state index contributed by atoms with van der Waals surface area (Å²) < 4.78 is 0. The van der Waals surface area contributed by atoms with Crippen molar-refractivity contribution in [2.45, 2.75) is 32.9 Å². The van der Waals surface area contributed by atoms with Crippen LogP contribution in [-0.4, -0.2) is 40.7 Å². The molecule has 1 fully saturated rings. The molecule has 1 aliphatic rings. The number of carbonyl (C=O) groups is 3. The van der Waals surface area contributed by atoms with Crippen LogP contribution >= 0.6 is 11.3 Å². The van der Waals surface area contributed by atoms with Crippen molar-refractivity contribution in [2.75, 3.05) is 13.1 Å². The topological polar surface area (TPSA) is 69.7 Å². The van der Waals surface area contributed by atoms with Crippen molar-refractivity contribution in [3.8, 4) is 0 Å². The highest BCUT2D eigenvalue weighted by Crippen LogP contribution is 2.29. The molecule has 2 aromatic rings. The Labute approximate surface area is 162 Å². The Kier molecular flexibility index (Phi) is 5.32. The Morgan fingerprint density at radius 3 is 2.52 bits per heavy atom. The van der Waals surface area contributed by atoms with E-state index in [1.54, 1.807) is 23.2 Å². The van der Waals surface area contributed by atoms with Crippen molar-refractivity contribution in [2.24, 2.45) is 0 Å². The van der Waals surface area contributed by atoms with Crippen molar-refractivity contribution < 1.29 is 14.4 Å². The summed E-state index contributed by atoms with van der Waals surface area (Å²) in [4.78, 5) is 41.8. The highest BCUT2D eigenvalue weighted by molar-refractivity contribution is 7.09. The molecular formula is C20H23N3O3S. The maximum Gasteiger partial charge on any atom is 0.325 e. The van der Waals surface area contributed by atoms with Gasteiger partial charge in [-0.1, -0.05) is 35.9 Å². The fraction of sp³-hybridized carbons (Fsp3) is 0.350. The zero-order chi connectivity index (χ0) is 19.6. The molecule has 4 amide bonds. The van der Waals surface area contributed by atoms with E-state index >= 15 is 0 Å². The van der Waals surface area contributed by atoms with Crippen LogP contribution in [0.3, 0.4) is 0 Å². The quantitative estimate of drug-likeness (QED) is 0.778. The van der Waals surface area contributed by atoms with Gasteiger partial charge in [-0.15, -0.1) is 11.3 Å². The molecule has 27 heavy (non-hydrogen) atoms. The van der Waals surface area contributed by atoms with Crippen LogP contribution in [0.5, 0.6) is 0 Å². The first-order valence-corrected chi connectivity index (χ1v) is 9.74. The van der Waals surface area contributed by atoms with E-state index in [1.165, 1.54) is 0 Å². The number of likely N-dealkylation sites (N-methyl/N-ethyl adjacent to an activating group) is 1. The SMILES string of the molecule is CCN(Cc1cccs1)C(=O)CN1C(=O)NC(C)(c2ccc(C)cc2)C1=O. The summed E-state index contributed by atoms with van der Waals surface area (Å²) in [5.41, 5.74) is 0.612. The van der Waals surface area contributed by atoms with Crippen LogP contribution in [0.4, 0.5) is 4.79 Å². The zero-order valence-electron chi connectivity index (χ0n) is 15.7. The normalized spacial score (nSPS) is 19.3. The number of nitrogens with zero attached hydrogens (tertiary/aromatic N) is 2. The van der Waals surface area contributed by atoms with Gasteiger partial charge in [-0.2, -0.15) is 0 Å². The average Bonchev–Trinajstić information content (AvgIpc) is 3.23. The number of rotatable bonds is 6. The van der Waals surface area contributed by atoms with Crippen LogP contribution in [0.15, 0.2) is 41.8 Å². The summed E-state index contributed by atoms with van der Waals surface area (Å²) in [7, 11) is 0. The molecule has 0 saturated carbocycles. The Morgan fingerprint density at radius 1 is 1.22 bits per heavy atom. The second-order valence-corrected chi connectivity index (χ2v) is 7.83. The van der Waals surface area contributed by atoms with E-state index in [-0.39, 0.29) is 12.5 Å². The molecule has 0 spiro atoms. The second kappa shape index (κ2) is 7.52. The van der Waals surface area contributed by atoms with Gasteiger partial charge in [0.15, 0.2) is 0 Å². The third-order valence-corrected chi connectivity index (χ3v) is 5.72. The van der Waals surface area contributed by atoms with Gasteiger partial charge in [0, 0.05) is 11.4 Å².